The van der Waals surface area contributed by atoms with Crippen LogP contribution >= 0.6 is 0 Å². The van der Waals surface area contributed by atoms with Crippen molar-refractivity contribution in [2.45, 2.75) is 37.6 Å². The van der Waals surface area contributed by atoms with Gasteiger partial charge < -0.3 is 14.8 Å². The van der Waals surface area contributed by atoms with Crippen molar-refractivity contribution < 1.29 is 22.7 Å². The molecule has 4 aromatic carbocycles. The average molecular weight is 573 g/mol. The van der Waals surface area contributed by atoms with E-state index < -0.39 is 15.9 Å². The number of nitrogens with one attached hydrogen (secondary N) is 1. The van der Waals surface area contributed by atoms with Crippen LogP contribution in [0.2, 0.25) is 0 Å². The fourth-order valence-electron chi connectivity index (χ4n) is 4.29. The molecule has 0 aromatic heterocycles. The molecule has 0 spiro atoms. The number of para-hydroxylation sites is 1. The van der Waals surface area contributed by atoms with Gasteiger partial charge in [-0.05, 0) is 65.1 Å². The number of methoxy groups -OCH3 is 1. The lowest BCUT2D eigenvalue weighted by atomic mass is 9.87. The molecule has 1 amide bonds. The zero-order valence-corrected chi connectivity index (χ0v) is 24.6. The van der Waals surface area contributed by atoms with E-state index in [0.717, 1.165) is 5.56 Å². The molecular formula is C33H36N2O5S. The number of ether oxygens (including phenoxy) is 2. The molecule has 41 heavy (non-hydrogen) atoms. The Morgan fingerprint density at radius 1 is 0.805 bits per heavy atom. The second-order valence-electron chi connectivity index (χ2n) is 10.6. The van der Waals surface area contributed by atoms with Crippen molar-refractivity contribution in [2.24, 2.45) is 0 Å². The Kier molecular flexibility index (Phi) is 9.35. The van der Waals surface area contributed by atoms with Crippen LogP contribution in [0.4, 0.5) is 5.69 Å². The Morgan fingerprint density at radius 3 is 2.05 bits per heavy atom. The number of carbonyl (C=O) groups is 1. The minimum Gasteiger partial charge on any atom is -0.497 e. The summed E-state index contributed by atoms with van der Waals surface area (Å²) in [6.45, 7) is 7.02. The molecule has 0 saturated carbocycles. The number of hydrogen-bond acceptors (Lipinski definition) is 5. The van der Waals surface area contributed by atoms with Crippen molar-refractivity contribution in [3.8, 4) is 11.5 Å². The van der Waals surface area contributed by atoms with E-state index in [1.54, 1.807) is 36.4 Å². The first kappa shape index (κ1) is 29.7. The molecule has 214 valence electrons. The minimum atomic E-state index is -4.04. The lowest BCUT2D eigenvalue weighted by Crippen LogP contribution is -2.34. The molecular weight excluding hydrogens is 536 g/mol. The van der Waals surface area contributed by atoms with E-state index in [2.05, 4.69) is 26.1 Å². The SMILES string of the molecule is COc1ccc(S(=O)(=O)N(Cc2ccccc2)c2ccccc2C(=O)NCCOc2ccc(C(C)(C)C)cc2)cc1. The standard InChI is InChI=1S/C33H36N2O5S/c1-33(2,3)26-14-16-28(17-15-26)40-23-22-34-32(36)30-12-8-9-13-31(30)35(24-25-10-6-5-7-11-25)41(37,38)29-20-18-27(39-4)19-21-29/h5-21H,22-24H2,1-4H3,(H,34,36). The number of rotatable bonds is 11. The number of sulfonamides is 1. The van der Waals surface area contributed by atoms with Crippen molar-refractivity contribution in [1.82, 2.24) is 5.32 Å². The summed E-state index contributed by atoms with van der Waals surface area (Å²) >= 11 is 0. The molecule has 7 nitrogen and oxygen atoms in total. The van der Waals surface area contributed by atoms with Crippen LogP contribution in [0.15, 0.2) is 108 Å². The molecule has 0 atom stereocenters. The monoisotopic (exact) mass is 572 g/mol. The third-order valence-electron chi connectivity index (χ3n) is 6.61. The van der Waals surface area contributed by atoms with Crippen molar-refractivity contribution in [3.05, 3.63) is 120 Å². The quantitative estimate of drug-likeness (QED) is 0.217. The molecule has 0 bridgehead atoms. The van der Waals surface area contributed by atoms with Gasteiger partial charge in [-0.25, -0.2) is 8.42 Å². The number of amides is 1. The number of carbonyl (C=O) groups excluding carboxylic acids is 1. The van der Waals surface area contributed by atoms with Crippen LogP contribution in [-0.2, 0) is 22.0 Å². The van der Waals surface area contributed by atoms with Gasteiger partial charge in [0, 0.05) is 0 Å². The Balaban J connectivity index is 1.54. The van der Waals surface area contributed by atoms with Crippen molar-refractivity contribution >= 4 is 21.6 Å². The summed E-state index contributed by atoms with van der Waals surface area (Å²) in [5.41, 5.74) is 2.57. The van der Waals surface area contributed by atoms with Gasteiger partial charge in [-0.1, -0.05) is 75.4 Å². The van der Waals surface area contributed by atoms with Crippen molar-refractivity contribution in [2.75, 3.05) is 24.6 Å². The van der Waals surface area contributed by atoms with Gasteiger partial charge in [0.15, 0.2) is 0 Å². The molecule has 0 fully saturated rings. The highest BCUT2D eigenvalue weighted by molar-refractivity contribution is 7.92. The molecule has 0 aliphatic carbocycles. The number of anilines is 1. The second-order valence-corrected chi connectivity index (χ2v) is 12.4. The zero-order chi connectivity index (χ0) is 29.5. The molecule has 8 heteroatoms. The van der Waals surface area contributed by atoms with Crippen LogP contribution in [0.25, 0.3) is 0 Å². The molecule has 1 N–H and O–H groups in total. The number of benzene rings is 4. The smallest absolute Gasteiger partial charge is 0.264 e. The fourth-order valence-corrected chi connectivity index (χ4v) is 5.76. The molecule has 0 unspecified atom stereocenters. The van der Waals surface area contributed by atoms with E-state index in [0.29, 0.717) is 11.5 Å². The molecule has 0 aliphatic rings. The molecule has 0 heterocycles. The van der Waals surface area contributed by atoms with E-state index in [1.807, 2.05) is 54.6 Å². The number of hydrogen-bond donors (Lipinski definition) is 1. The van der Waals surface area contributed by atoms with Crippen molar-refractivity contribution in [3.63, 3.8) is 0 Å². The van der Waals surface area contributed by atoms with Crippen LogP contribution in [-0.4, -0.2) is 34.6 Å². The Hall–Kier alpha value is -4.30. The predicted molar refractivity (Wildman–Crippen MR) is 162 cm³/mol. The minimum absolute atomic E-state index is 0.0488. The fraction of sp³-hybridized carbons (Fsp3) is 0.242. The topological polar surface area (TPSA) is 84.9 Å². The van der Waals surface area contributed by atoms with Gasteiger partial charge in [0.25, 0.3) is 15.9 Å². The first-order chi connectivity index (χ1) is 19.6. The number of nitrogens with zero attached hydrogens (tertiary/aromatic N) is 1. The largest absolute Gasteiger partial charge is 0.497 e. The van der Waals surface area contributed by atoms with E-state index in [1.165, 1.54) is 29.1 Å². The molecule has 4 rings (SSSR count). The first-order valence-electron chi connectivity index (χ1n) is 13.4. The van der Waals surface area contributed by atoms with E-state index in [9.17, 15) is 13.2 Å². The van der Waals surface area contributed by atoms with Crippen LogP contribution in [0.5, 0.6) is 11.5 Å². The van der Waals surface area contributed by atoms with E-state index in [-0.39, 0.29) is 41.3 Å². The maximum Gasteiger partial charge on any atom is 0.264 e. The highest BCUT2D eigenvalue weighted by Crippen LogP contribution is 2.30. The van der Waals surface area contributed by atoms with Gasteiger partial charge in [0.2, 0.25) is 0 Å². The summed E-state index contributed by atoms with van der Waals surface area (Å²) in [6, 6.07) is 30.1. The highest BCUT2D eigenvalue weighted by atomic mass is 32.2. The summed E-state index contributed by atoms with van der Waals surface area (Å²) in [6.07, 6.45) is 0. The Labute approximate surface area is 242 Å². The normalized spacial score (nSPS) is 11.5. The van der Waals surface area contributed by atoms with Gasteiger partial charge in [-0.3, -0.25) is 9.10 Å². The third-order valence-corrected chi connectivity index (χ3v) is 8.38. The summed E-state index contributed by atoms with van der Waals surface area (Å²) in [5, 5.41) is 2.87. The summed E-state index contributed by atoms with van der Waals surface area (Å²) in [7, 11) is -2.51. The van der Waals surface area contributed by atoms with Crippen LogP contribution in [0, 0.1) is 0 Å². The van der Waals surface area contributed by atoms with Crippen molar-refractivity contribution in [1.29, 1.82) is 0 Å². The Morgan fingerprint density at radius 2 is 1.41 bits per heavy atom. The lowest BCUT2D eigenvalue weighted by molar-refractivity contribution is 0.0947. The van der Waals surface area contributed by atoms with Gasteiger partial charge in [-0.2, -0.15) is 0 Å². The van der Waals surface area contributed by atoms with Gasteiger partial charge in [0.1, 0.15) is 18.1 Å². The van der Waals surface area contributed by atoms with Gasteiger partial charge >= 0.3 is 0 Å². The van der Waals surface area contributed by atoms with Crippen LogP contribution < -0.4 is 19.1 Å². The summed E-state index contributed by atoms with van der Waals surface area (Å²) in [5.74, 6) is 0.869. The predicted octanol–water partition coefficient (Wildman–Crippen LogP) is 6.20. The maximum absolute atomic E-state index is 13.9. The first-order valence-corrected chi connectivity index (χ1v) is 14.8. The van der Waals surface area contributed by atoms with E-state index in [4.69, 9.17) is 9.47 Å². The van der Waals surface area contributed by atoms with Gasteiger partial charge in [0.05, 0.1) is 36.3 Å². The summed E-state index contributed by atoms with van der Waals surface area (Å²) < 4.78 is 40.2. The third kappa shape index (κ3) is 7.46. The second kappa shape index (κ2) is 12.9. The van der Waals surface area contributed by atoms with Crippen LogP contribution in [0.1, 0.15) is 42.3 Å². The van der Waals surface area contributed by atoms with Crippen LogP contribution in [0.3, 0.4) is 0 Å². The van der Waals surface area contributed by atoms with E-state index >= 15 is 0 Å². The molecule has 0 aliphatic heterocycles. The summed E-state index contributed by atoms with van der Waals surface area (Å²) in [4.78, 5) is 13.4. The zero-order valence-electron chi connectivity index (χ0n) is 23.8. The molecule has 4 aromatic rings. The lowest BCUT2D eigenvalue weighted by Gasteiger charge is -2.26. The van der Waals surface area contributed by atoms with Gasteiger partial charge in [-0.15, -0.1) is 0 Å². The highest BCUT2D eigenvalue weighted by Gasteiger charge is 2.28. The Bertz CT molecular complexity index is 1550. The maximum atomic E-state index is 13.9. The molecule has 0 saturated heterocycles. The molecule has 0 radical (unpaired) electrons. The average Bonchev–Trinajstić information content (AvgIpc) is 2.98.